The van der Waals surface area contributed by atoms with Gasteiger partial charge < -0.3 is 19.7 Å². The van der Waals surface area contributed by atoms with E-state index < -0.39 is 5.79 Å². The summed E-state index contributed by atoms with van der Waals surface area (Å²) in [5.74, 6) is -0.283. The normalized spacial score (nSPS) is 28.6. The lowest BCUT2D eigenvalue weighted by Crippen LogP contribution is -2.51. The van der Waals surface area contributed by atoms with E-state index in [1.54, 1.807) is 0 Å². The summed E-state index contributed by atoms with van der Waals surface area (Å²) in [5, 5.41) is 3.23. The van der Waals surface area contributed by atoms with Crippen LogP contribution in [0, 0.1) is 5.92 Å². The van der Waals surface area contributed by atoms with Crippen LogP contribution in [0.1, 0.15) is 43.4 Å². The summed E-state index contributed by atoms with van der Waals surface area (Å²) in [6, 6.07) is 8.60. The maximum absolute atomic E-state index is 12.8. The molecule has 2 fully saturated rings. The van der Waals surface area contributed by atoms with Crippen LogP contribution in [0.25, 0.3) is 0 Å². The highest BCUT2D eigenvalue weighted by Crippen LogP contribution is 2.35. The molecule has 0 bridgehead atoms. The van der Waals surface area contributed by atoms with Crippen molar-refractivity contribution in [1.82, 2.24) is 10.2 Å². The Kier molecular flexibility index (Phi) is 4.22. The number of benzene rings is 1. The van der Waals surface area contributed by atoms with Crippen molar-refractivity contribution in [2.24, 2.45) is 5.92 Å². The number of fused-ring (bicyclic) bond motifs is 1. The van der Waals surface area contributed by atoms with Crippen LogP contribution in [0.4, 0.5) is 4.79 Å². The van der Waals surface area contributed by atoms with Crippen LogP contribution in [0.5, 0.6) is 0 Å². The summed E-state index contributed by atoms with van der Waals surface area (Å²) in [4.78, 5) is 14.7. The van der Waals surface area contributed by atoms with Crippen LogP contribution in [-0.2, 0) is 15.9 Å². The number of carbonyl (C=O) groups is 1. The molecule has 5 nitrogen and oxygen atoms in total. The van der Waals surface area contributed by atoms with Gasteiger partial charge in [-0.25, -0.2) is 4.79 Å². The van der Waals surface area contributed by atoms with E-state index >= 15 is 0 Å². The largest absolute Gasteiger partial charge is 0.347 e. The molecule has 0 saturated carbocycles. The minimum atomic E-state index is -0.529. The van der Waals surface area contributed by atoms with Crippen LogP contribution in [0.2, 0.25) is 0 Å². The number of likely N-dealkylation sites (tertiary alicyclic amines) is 1. The number of ether oxygens (including phenoxy) is 2. The van der Waals surface area contributed by atoms with Gasteiger partial charge in [0.25, 0.3) is 0 Å². The molecule has 2 heterocycles. The molecule has 1 aromatic rings. The standard InChI is InChI=1S/C19H26N2O3/c1-19(23-11-12-24-19)15-6-4-10-21(13-15)18(22)20-17-9-8-14-5-2-3-7-16(14)17/h2-3,5,7,15,17H,4,6,8-13H2,1H3,(H,20,22). The Morgan fingerprint density at radius 3 is 2.88 bits per heavy atom. The van der Waals surface area contributed by atoms with Gasteiger partial charge in [-0.2, -0.15) is 0 Å². The van der Waals surface area contributed by atoms with Gasteiger partial charge in [-0.3, -0.25) is 0 Å². The molecule has 0 spiro atoms. The Bertz CT molecular complexity index is 612. The number of amides is 2. The van der Waals surface area contributed by atoms with Gasteiger partial charge in [0.15, 0.2) is 5.79 Å². The molecule has 2 amide bonds. The smallest absolute Gasteiger partial charge is 0.317 e. The molecular formula is C19H26N2O3. The van der Waals surface area contributed by atoms with Crippen molar-refractivity contribution >= 4 is 6.03 Å². The van der Waals surface area contributed by atoms with Crippen LogP contribution in [-0.4, -0.2) is 43.0 Å². The van der Waals surface area contributed by atoms with E-state index in [0.29, 0.717) is 19.8 Å². The monoisotopic (exact) mass is 330 g/mol. The van der Waals surface area contributed by atoms with E-state index in [-0.39, 0.29) is 18.0 Å². The van der Waals surface area contributed by atoms with Crippen LogP contribution in [0.15, 0.2) is 24.3 Å². The predicted molar refractivity (Wildman–Crippen MR) is 90.6 cm³/mol. The summed E-state index contributed by atoms with van der Waals surface area (Å²) in [6.45, 7) is 4.83. The highest BCUT2D eigenvalue weighted by molar-refractivity contribution is 5.75. The minimum Gasteiger partial charge on any atom is -0.347 e. The van der Waals surface area contributed by atoms with Crippen molar-refractivity contribution in [3.05, 3.63) is 35.4 Å². The lowest BCUT2D eigenvalue weighted by Gasteiger charge is -2.40. The fraction of sp³-hybridized carbons (Fsp3) is 0.632. The Balaban J connectivity index is 1.40. The third-order valence-corrected chi connectivity index (χ3v) is 5.74. The molecule has 130 valence electrons. The average Bonchev–Trinajstić information content (AvgIpc) is 3.23. The van der Waals surface area contributed by atoms with E-state index in [1.165, 1.54) is 11.1 Å². The molecule has 1 aromatic carbocycles. The van der Waals surface area contributed by atoms with Gasteiger partial charge in [-0.05, 0) is 43.7 Å². The number of hydrogen-bond donors (Lipinski definition) is 1. The summed E-state index contributed by atoms with van der Waals surface area (Å²) in [5.41, 5.74) is 2.63. The van der Waals surface area contributed by atoms with Crippen molar-refractivity contribution in [3.8, 4) is 0 Å². The summed E-state index contributed by atoms with van der Waals surface area (Å²) in [6.07, 6.45) is 4.09. The van der Waals surface area contributed by atoms with Gasteiger partial charge in [-0.15, -0.1) is 0 Å². The van der Waals surface area contributed by atoms with Gasteiger partial charge in [0.2, 0.25) is 0 Å². The Morgan fingerprint density at radius 2 is 2.04 bits per heavy atom. The molecular weight excluding hydrogens is 304 g/mol. The number of nitrogens with zero attached hydrogens (tertiary/aromatic N) is 1. The van der Waals surface area contributed by atoms with Crippen LogP contribution < -0.4 is 5.32 Å². The molecule has 24 heavy (non-hydrogen) atoms. The fourth-order valence-electron chi connectivity index (χ4n) is 4.30. The zero-order valence-electron chi connectivity index (χ0n) is 14.3. The summed E-state index contributed by atoms with van der Waals surface area (Å²) >= 11 is 0. The second-order valence-corrected chi connectivity index (χ2v) is 7.24. The number of carbonyl (C=O) groups excluding carboxylic acids is 1. The molecule has 4 rings (SSSR count). The molecule has 1 aliphatic carbocycles. The fourth-order valence-corrected chi connectivity index (χ4v) is 4.30. The number of aryl methyl sites for hydroxylation is 1. The number of rotatable bonds is 2. The predicted octanol–water partition coefficient (Wildman–Crippen LogP) is 2.86. The molecule has 2 saturated heterocycles. The molecule has 2 unspecified atom stereocenters. The molecule has 3 aliphatic rings. The van der Waals surface area contributed by atoms with Gasteiger partial charge in [-0.1, -0.05) is 24.3 Å². The van der Waals surface area contributed by atoms with E-state index in [9.17, 15) is 4.79 Å². The number of piperidine rings is 1. The van der Waals surface area contributed by atoms with Gasteiger partial charge in [0.1, 0.15) is 0 Å². The third kappa shape index (κ3) is 2.91. The highest BCUT2D eigenvalue weighted by Gasteiger charge is 2.42. The van der Waals surface area contributed by atoms with Crippen LogP contribution in [0.3, 0.4) is 0 Å². The molecule has 1 N–H and O–H groups in total. The third-order valence-electron chi connectivity index (χ3n) is 5.74. The first kappa shape index (κ1) is 15.9. The van der Waals surface area contributed by atoms with Gasteiger partial charge in [0, 0.05) is 19.0 Å². The SMILES string of the molecule is CC1(C2CCCN(C(=O)NC3CCc4ccccc43)C2)OCCO1. The Morgan fingerprint density at radius 1 is 1.25 bits per heavy atom. The maximum Gasteiger partial charge on any atom is 0.317 e. The van der Waals surface area contributed by atoms with Crippen molar-refractivity contribution in [2.45, 2.75) is 44.4 Å². The quantitative estimate of drug-likeness (QED) is 0.907. The Hall–Kier alpha value is -1.59. The summed E-state index contributed by atoms with van der Waals surface area (Å²) < 4.78 is 11.6. The van der Waals surface area contributed by atoms with Gasteiger partial charge in [0.05, 0.1) is 19.3 Å². The minimum absolute atomic E-state index is 0.0444. The van der Waals surface area contributed by atoms with Crippen molar-refractivity contribution in [2.75, 3.05) is 26.3 Å². The zero-order valence-corrected chi connectivity index (χ0v) is 14.3. The van der Waals surface area contributed by atoms with E-state index in [1.807, 2.05) is 11.8 Å². The van der Waals surface area contributed by atoms with Crippen molar-refractivity contribution in [1.29, 1.82) is 0 Å². The first-order valence-electron chi connectivity index (χ1n) is 9.07. The molecule has 0 radical (unpaired) electrons. The molecule has 5 heteroatoms. The van der Waals surface area contributed by atoms with Crippen molar-refractivity contribution < 1.29 is 14.3 Å². The van der Waals surface area contributed by atoms with E-state index in [0.717, 1.165) is 32.2 Å². The molecule has 2 atom stereocenters. The maximum atomic E-state index is 12.8. The lowest BCUT2D eigenvalue weighted by atomic mass is 9.90. The zero-order chi connectivity index (χ0) is 16.6. The lowest BCUT2D eigenvalue weighted by molar-refractivity contribution is -0.189. The van der Waals surface area contributed by atoms with E-state index in [2.05, 4.69) is 29.6 Å². The molecule has 2 aliphatic heterocycles. The highest BCUT2D eigenvalue weighted by atomic mass is 16.7. The number of nitrogens with one attached hydrogen (secondary N) is 1. The van der Waals surface area contributed by atoms with Crippen LogP contribution >= 0.6 is 0 Å². The topological polar surface area (TPSA) is 50.8 Å². The molecule has 0 aromatic heterocycles. The summed E-state index contributed by atoms with van der Waals surface area (Å²) in [7, 11) is 0. The van der Waals surface area contributed by atoms with E-state index in [4.69, 9.17) is 9.47 Å². The number of urea groups is 1. The first-order chi connectivity index (χ1) is 11.7. The van der Waals surface area contributed by atoms with Crippen molar-refractivity contribution in [3.63, 3.8) is 0 Å². The second kappa shape index (κ2) is 6.37. The average molecular weight is 330 g/mol. The second-order valence-electron chi connectivity index (χ2n) is 7.24. The Labute approximate surface area is 143 Å². The number of hydrogen-bond acceptors (Lipinski definition) is 3. The first-order valence-corrected chi connectivity index (χ1v) is 9.07. The van der Waals surface area contributed by atoms with Gasteiger partial charge >= 0.3 is 6.03 Å².